The van der Waals surface area contributed by atoms with Crippen molar-refractivity contribution in [3.05, 3.63) is 93.2 Å². The fourth-order valence-corrected chi connectivity index (χ4v) is 3.76. The first-order valence-corrected chi connectivity index (χ1v) is 9.91. The molecule has 32 heavy (non-hydrogen) atoms. The number of nitrogens with zero attached hydrogens (tertiary/aromatic N) is 2. The van der Waals surface area contributed by atoms with Crippen molar-refractivity contribution in [1.82, 2.24) is 0 Å². The first-order chi connectivity index (χ1) is 15.3. The highest BCUT2D eigenvalue weighted by atomic mass is 16.6. The summed E-state index contributed by atoms with van der Waals surface area (Å²) in [6.07, 6.45) is 3.48. The third kappa shape index (κ3) is 4.97. The number of ether oxygens (including phenoxy) is 1. The Morgan fingerprint density at radius 2 is 1.88 bits per heavy atom. The molecule has 0 bridgehead atoms. The largest absolute Gasteiger partial charge is 0.481 e. The number of carboxylic acid groups (broad SMARTS) is 1. The SMILES string of the molecule is CC1=NC(C)=C(C(=O)OCC=Cc2ccccc2)C(c2cccc([N+](=O)[O-])c2)C1C(=O)O. The molecule has 2 aromatic carbocycles. The molecule has 0 aromatic heterocycles. The van der Waals surface area contributed by atoms with Crippen LogP contribution in [0.15, 0.2) is 76.9 Å². The van der Waals surface area contributed by atoms with Gasteiger partial charge < -0.3 is 9.84 Å². The molecule has 8 heteroatoms. The second kappa shape index (κ2) is 9.82. The van der Waals surface area contributed by atoms with Gasteiger partial charge in [0, 0.05) is 29.5 Å². The molecule has 1 aliphatic heterocycles. The molecule has 1 N–H and O–H groups in total. The maximum atomic E-state index is 13.0. The first kappa shape index (κ1) is 22.6. The fraction of sp³-hybridized carbons (Fsp3) is 0.208. The Bertz CT molecular complexity index is 1130. The summed E-state index contributed by atoms with van der Waals surface area (Å²) in [6, 6.07) is 15.1. The van der Waals surface area contributed by atoms with E-state index in [4.69, 9.17) is 4.74 Å². The van der Waals surface area contributed by atoms with E-state index in [1.807, 2.05) is 30.3 Å². The standard InChI is InChI=1S/C24H22N2O6/c1-15-20(23(27)28)22(18-11-6-12-19(14-18)26(30)31)21(16(2)25-15)24(29)32-13-7-10-17-8-4-3-5-9-17/h3-12,14,20,22H,13H2,1-2H3,(H,27,28). The molecule has 1 heterocycles. The van der Waals surface area contributed by atoms with Crippen LogP contribution < -0.4 is 0 Å². The lowest BCUT2D eigenvalue weighted by molar-refractivity contribution is -0.384. The molecule has 2 unspecified atom stereocenters. The van der Waals surface area contributed by atoms with Crippen molar-refractivity contribution < 1.29 is 24.4 Å². The molecular weight excluding hydrogens is 412 g/mol. The maximum Gasteiger partial charge on any atom is 0.336 e. The van der Waals surface area contributed by atoms with E-state index in [-0.39, 0.29) is 17.9 Å². The van der Waals surface area contributed by atoms with Crippen molar-refractivity contribution in [2.24, 2.45) is 10.9 Å². The maximum absolute atomic E-state index is 13.0. The van der Waals surface area contributed by atoms with Gasteiger partial charge >= 0.3 is 11.9 Å². The van der Waals surface area contributed by atoms with Gasteiger partial charge in [-0.15, -0.1) is 0 Å². The molecule has 0 radical (unpaired) electrons. The van der Waals surface area contributed by atoms with Crippen LogP contribution >= 0.6 is 0 Å². The Morgan fingerprint density at radius 3 is 2.53 bits per heavy atom. The number of carboxylic acids is 1. The van der Waals surface area contributed by atoms with Crippen LogP contribution in [0.25, 0.3) is 6.08 Å². The van der Waals surface area contributed by atoms with Gasteiger partial charge in [0.1, 0.15) is 12.5 Å². The number of non-ortho nitro benzene ring substituents is 1. The van der Waals surface area contributed by atoms with Gasteiger partial charge in [-0.2, -0.15) is 0 Å². The first-order valence-electron chi connectivity index (χ1n) is 9.91. The monoisotopic (exact) mass is 434 g/mol. The summed E-state index contributed by atoms with van der Waals surface area (Å²) in [6.45, 7) is 3.15. The van der Waals surface area contributed by atoms with Gasteiger partial charge in [0.05, 0.1) is 10.5 Å². The van der Waals surface area contributed by atoms with Crippen LogP contribution in [-0.4, -0.2) is 34.3 Å². The molecule has 164 valence electrons. The van der Waals surface area contributed by atoms with Crippen LogP contribution in [0.4, 0.5) is 5.69 Å². The minimum absolute atomic E-state index is 0.0212. The number of allylic oxidation sites excluding steroid dienone is 1. The molecule has 2 aromatic rings. The summed E-state index contributed by atoms with van der Waals surface area (Å²) >= 11 is 0. The highest BCUT2D eigenvalue weighted by molar-refractivity contribution is 6.06. The number of nitro groups is 1. The minimum atomic E-state index is -1.18. The van der Waals surface area contributed by atoms with E-state index in [1.54, 1.807) is 32.1 Å². The van der Waals surface area contributed by atoms with E-state index in [9.17, 15) is 24.8 Å². The molecule has 2 atom stereocenters. The summed E-state index contributed by atoms with van der Waals surface area (Å²) in [5.41, 5.74) is 1.81. The lowest BCUT2D eigenvalue weighted by atomic mass is 9.75. The molecule has 8 nitrogen and oxygen atoms in total. The number of esters is 1. The minimum Gasteiger partial charge on any atom is -0.481 e. The Labute approximate surface area is 184 Å². The molecular formula is C24H22N2O6. The summed E-state index contributed by atoms with van der Waals surface area (Å²) in [5, 5.41) is 21.1. The Morgan fingerprint density at radius 1 is 1.16 bits per heavy atom. The van der Waals surface area contributed by atoms with Crippen LogP contribution in [0.1, 0.15) is 30.9 Å². The van der Waals surface area contributed by atoms with Gasteiger partial charge in [0.2, 0.25) is 0 Å². The molecule has 1 aliphatic rings. The van der Waals surface area contributed by atoms with Gasteiger partial charge in [0.15, 0.2) is 0 Å². The zero-order valence-electron chi connectivity index (χ0n) is 17.6. The van der Waals surface area contributed by atoms with E-state index < -0.39 is 28.7 Å². The lowest BCUT2D eigenvalue weighted by Crippen LogP contribution is -2.35. The van der Waals surface area contributed by atoms with Crippen molar-refractivity contribution >= 4 is 29.4 Å². The molecule has 0 saturated heterocycles. The number of rotatable bonds is 7. The zero-order chi connectivity index (χ0) is 23.3. The number of hydrogen-bond donors (Lipinski definition) is 1. The van der Waals surface area contributed by atoms with Crippen molar-refractivity contribution in [3.63, 3.8) is 0 Å². The van der Waals surface area contributed by atoms with Crippen molar-refractivity contribution in [2.75, 3.05) is 6.61 Å². The van der Waals surface area contributed by atoms with E-state index in [2.05, 4.69) is 4.99 Å². The van der Waals surface area contributed by atoms with Crippen LogP contribution in [0.2, 0.25) is 0 Å². The van der Waals surface area contributed by atoms with E-state index in [1.165, 1.54) is 18.2 Å². The summed E-state index contributed by atoms with van der Waals surface area (Å²) in [4.78, 5) is 40.0. The van der Waals surface area contributed by atoms with Gasteiger partial charge in [-0.3, -0.25) is 19.9 Å². The Kier molecular flexibility index (Phi) is 6.94. The van der Waals surface area contributed by atoms with Gasteiger partial charge in [0.25, 0.3) is 5.69 Å². The number of carbonyl (C=O) groups excluding carboxylic acids is 1. The van der Waals surface area contributed by atoms with E-state index >= 15 is 0 Å². The molecule has 0 saturated carbocycles. The van der Waals surface area contributed by atoms with E-state index in [0.29, 0.717) is 17.0 Å². The van der Waals surface area contributed by atoms with Crippen LogP contribution in [0.3, 0.4) is 0 Å². The topological polar surface area (TPSA) is 119 Å². The van der Waals surface area contributed by atoms with Gasteiger partial charge in [-0.1, -0.05) is 48.5 Å². The quantitative estimate of drug-likeness (QED) is 0.392. The predicted molar refractivity (Wildman–Crippen MR) is 119 cm³/mol. The Hall–Kier alpha value is -4.07. The number of carbonyl (C=O) groups is 2. The second-order valence-electron chi connectivity index (χ2n) is 7.31. The number of hydrogen-bond acceptors (Lipinski definition) is 6. The van der Waals surface area contributed by atoms with Crippen molar-refractivity contribution in [1.29, 1.82) is 0 Å². The fourth-order valence-electron chi connectivity index (χ4n) is 3.76. The molecule has 0 amide bonds. The molecule has 0 fully saturated rings. The van der Waals surface area contributed by atoms with Crippen LogP contribution in [0, 0.1) is 16.0 Å². The Balaban J connectivity index is 1.92. The molecule has 3 rings (SSSR count). The van der Waals surface area contributed by atoms with Crippen LogP contribution in [-0.2, 0) is 14.3 Å². The molecule has 0 aliphatic carbocycles. The van der Waals surface area contributed by atoms with Crippen molar-refractivity contribution in [3.8, 4) is 0 Å². The zero-order valence-corrected chi connectivity index (χ0v) is 17.6. The highest BCUT2D eigenvalue weighted by Crippen LogP contribution is 2.40. The summed E-state index contributed by atoms with van der Waals surface area (Å²) < 4.78 is 5.39. The van der Waals surface area contributed by atoms with Crippen molar-refractivity contribution in [2.45, 2.75) is 19.8 Å². The lowest BCUT2D eigenvalue weighted by Gasteiger charge is -2.30. The highest BCUT2D eigenvalue weighted by Gasteiger charge is 2.42. The predicted octanol–water partition coefficient (Wildman–Crippen LogP) is 4.38. The second-order valence-corrected chi connectivity index (χ2v) is 7.31. The number of aliphatic imine (C=N–C) groups is 1. The van der Waals surface area contributed by atoms with Crippen LogP contribution in [0.5, 0.6) is 0 Å². The smallest absolute Gasteiger partial charge is 0.336 e. The average molecular weight is 434 g/mol. The van der Waals surface area contributed by atoms with Gasteiger partial charge in [-0.05, 0) is 31.1 Å². The summed E-state index contributed by atoms with van der Waals surface area (Å²) in [7, 11) is 0. The average Bonchev–Trinajstić information content (AvgIpc) is 2.76. The van der Waals surface area contributed by atoms with E-state index in [0.717, 1.165) is 5.56 Å². The van der Waals surface area contributed by atoms with Gasteiger partial charge in [-0.25, -0.2) is 4.79 Å². The summed E-state index contributed by atoms with van der Waals surface area (Å²) in [5.74, 6) is -4.00. The number of nitro benzene ring substituents is 1. The third-order valence-electron chi connectivity index (χ3n) is 5.17. The normalized spacial score (nSPS) is 18.4. The molecule has 0 spiro atoms. The number of benzene rings is 2. The number of aliphatic carboxylic acids is 1. The third-order valence-corrected chi connectivity index (χ3v) is 5.17.